The van der Waals surface area contributed by atoms with E-state index in [2.05, 4.69) is 120 Å². The summed E-state index contributed by atoms with van der Waals surface area (Å²) in [7, 11) is 0. The Morgan fingerprint density at radius 3 is 2.33 bits per heavy atom. The Hall–Kier alpha value is -5.72. The third-order valence-corrected chi connectivity index (χ3v) is 10.1. The summed E-state index contributed by atoms with van der Waals surface area (Å²) in [5.74, 6) is 1.42. The Morgan fingerprint density at radius 2 is 1.38 bits per heavy atom. The van der Waals surface area contributed by atoms with E-state index in [-0.39, 0.29) is 0 Å². The second-order valence-electron chi connectivity index (χ2n) is 11.4. The first-order valence-electron chi connectivity index (χ1n) is 15.0. The minimum Gasteiger partial charge on any atom is -0.262 e. The number of pyridine rings is 1. The number of anilines is 2. The average Bonchev–Trinajstić information content (AvgIpc) is 3.39. The van der Waals surface area contributed by atoms with Gasteiger partial charge in [0, 0.05) is 42.9 Å². The molecule has 0 atom stereocenters. The first kappa shape index (κ1) is 24.7. The van der Waals surface area contributed by atoms with Crippen molar-refractivity contribution in [2.45, 2.75) is 6.54 Å². The van der Waals surface area contributed by atoms with Crippen LogP contribution in [0.15, 0.2) is 133 Å². The maximum Gasteiger partial charge on any atom is 0.237 e. The van der Waals surface area contributed by atoms with Crippen LogP contribution in [0.3, 0.4) is 0 Å². The van der Waals surface area contributed by atoms with Crippen LogP contribution in [0, 0.1) is 0 Å². The van der Waals surface area contributed by atoms with Crippen molar-refractivity contribution < 1.29 is 0 Å². The van der Waals surface area contributed by atoms with Crippen LogP contribution in [-0.2, 0) is 6.54 Å². The molecule has 2 aliphatic heterocycles. The molecule has 0 bridgehead atoms. The molecule has 0 radical (unpaired) electrons. The number of aromatic nitrogens is 3. The summed E-state index contributed by atoms with van der Waals surface area (Å²) >= 11 is 1.83. The molecule has 0 unspecified atom stereocenters. The summed E-state index contributed by atoms with van der Waals surface area (Å²) in [5, 5.41) is 3.53. The molecule has 0 spiro atoms. The standard InChI is InChI=1S/C39H23N5S/c1-2-10-25-24(9-1)22-41-38-35-27(25)19-20-40-37(35)29-13-4-7-15-32(29)44(38)39-42-31-14-6-3-12-28(31)36(43-39)23-17-18-34-30(21-23)26-11-5-8-16-33(26)45-34/h1-21H,22H2. The summed E-state index contributed by atoms with van der Waals surface area (Å²) in [6.07, 6.45) is 1.91. The molecule has 0 saturated carbocycles. The summed E-state index contributed by atoms with van der Waals surface area (Å²) in [6, 6.07) is 42.6. The fourth-order valence-electron chi connectivity index (χ4n) is 6.90. The third-order valence-electron chi connectivity index (χ3n) is 8.93. The van der Waals surface area contributed by atoms with Crippen molar-refractivity contribution in [3.63, 3.8) is 0 Å². The van der Waals surface area contributed by atoms with Gasteiger partial charge in [-0.1, -0.05) is 84.9 Å². The smallest absolute Gasteiger partial charge is 0.237 e. The van der Waals surface area contributed by atoms with E-state index in [1.807, 2.05) is 23.6 Å². The molecule has 10 rings (SSSR count). The molecule has 0 saturated heterocycles. The van der Waals surface area contributed by atoms with Crippen LogP contribution in [0.5, 0.6) is 0 Å². The molecule has 0 aliphatic carbocycles. The van der Waals surface area contributed by atoms with Gasteiger partial charge in [0.1, 0.15) is 5.84 Å². The third kappa shape index (κ3) is 3.60. The van der Waals surface area contributed by atoms with Gasteiger partial charge in [-0.25, -0.2) is 9.97 Å². The van der Waals surface area contributed by atoms with Gasteiger partial charge >= 0.3 is 0 Å². The monoisotopic (exact) mass is 593 g/mol. The summed E-state index contributed by atoms with van der Waals surface area (Å²) in [5.41, 5.74) is 10.3. The topological polar surface area (TPSA) is 54.3 Å². The van der Waals surface area contributed by atoms with Crippen LogP contribution in [0.4, 0.5) is 11.6 Å². The molecule has 5 heterocycles. The molecular formula is C39H23N5S. The molecule has 3 aromatic heterocycles. The van der Waals surface area contributed by atoms with Crippen molar-refractivity contribution in [3.8, 4) is 33.6 Å². The van der Waals surface area contributed by atoms with E-state index in [9.17, 15) is 0 Å². The van der Waals surface area contributed by atoms with Crippen molar-refractivity contribution in [1.29, 1.82) is 0 Å². The quantitative estimate of drug-likeness (QED) is 0.200. The molecule has 6 heteroatoms. The molecule has 0 amide bonds. The van der Waals surface area contributed by atoms with Gasteiger partial charge in [-0.2, -0.15) is 0 Å². The molecule has 5 aromatic carbocycles. The van der Waals surface area contributed by atoms with Gasteiger partial charge in [0.05, 0.1) is 34.7 Å². The lowest BCUT2D eigenvalue weighted by Gasteiger charge is -2.32. The molecule has 2 aliphatic rings. The highest BCUT2D eigenvalue weighted by molar-refractivity contribution is 7.25. The van der Waals surface area contributed by atoms with Gasteiger partial charge in [-0.3, -0.25) is 14.9 Å². The fourth-order valence-corrected chi connectivity index (χ4v) is 7.99. The largest absolute Gasteiger partial charge is 0.262 e. The van der Waals surface area contributed by atoms with Crippen LogP contribution in [0.2, 0.25) is 0 Å². The molecule has 0 fully saturated rings. The molecular weight excluding hydrogens is 571 g/mol. The van der Waals surface area contributed by atoms with Crippen LogP contribution < -0.4 is 4.90 Å². The van der Waals surface area contributed by atoms with Crippen molar-refractivity contribution in [3.05, 3.63) is 139 Å². The minimum atomic E-state index is 0.556. The highest BCUT2D eigenvalue weighted by Gasteiger charge is 2.35. The Balaban J connectivity index is 1.25. The lowest BCUT2D eigenvalue weighted by Crippen LogP contribution is -2.33. The first-order chi connectivity index (χ1) is 22.3. The summed E-state index contributed by atoms with van der Waals surface area (Å²) in [6.45, 7) is 0.556. The van der Waals surface area contributed by atoms with Crippen molar-refractivity contribution >= 4 is 59.9 Å². The number of fused-ring (bicyclic) bond motifs is 8. The molecule has 0 N–H and O–H groups in total. The minimum absolute atomic E-state index is 0.556. The Kier molecular flexibility index (Phi) is 5.15. The van der Waals surface area contributed by atoms with E-state index in [1.54, 1.807) is 0 Å². The molecule has 5 nitrogen and oxygen atoms in total. The SMILES string of the molecule is c1ccc2c(c1)CN=C1c3c-2ccnc3-c2ccccc2N1c1nc(-c2ccc3sc4ccccc4c3c2)c2ccccc2n1. The Labute approximate surface area is 262 Å². The van der Waals surface area contributed by atoms with E-state index >= 15 is 0 Å². The zero-order valence-electron chi connectivity index (χ0n) is 24.0. The van der Waals surface area contributed by atoms with Crippen molar-refractivity contribution in [1.82, 2.24) is 15.0 Å². The molecule has 8 aromatic rings. The van der Waals surface area contributed by atoms with E-state index in [1.165, 1.54) is 31.3 Å². The number of thiophene rings is 1. The van der Waals surface area contributed by atoms with Crippen LogP contribution in [0.1, 0.15) is 11.1 Å². The predicted molar refractivity (Wildman–Crippen MR) is 185 cm³/mol. The number of hydrogen-bond acceptors (Lipinski definition) is 6. The van der Waals surface area contributed by atoms with E-state index in [4.69, 9.17) is 19.9 Å². The van der Waals surface area contributed by atoms with Gasteiger partial charge in [0.15, 0.2) is 0 Å². The number of aliphatic imine (C=N–C) groups is 1. The number of para-hydroxylation sites is 2. The average molecular weight is 594 g/mol. The number of rotatable bonds is 2. The number of hydrogen-bond donors (Lipinski definition) is 0. The second kappa shape index (κ2) is 9.39. The zero-order chi connectivity index (χ0) is 29.5. The normalized spacial score (nSPS) is 13.3. The predicted octanol–water partition coefficient (Wildman–Crippen LogP) is 9.81. The van der Waals surface area contributed by atoms with Gasteiger partial charge in [-0.15, -0.1) is 11.3 Å². The van der Waals surface area contributed by atoms with Crippen LogP contribution in [-0.4, -0.2) is 20.8 Å². The maximum atomic E-state index is 5.39. The second-order valence-corrected chi connectivity index (χ2v) is 12.5. The highest BCUT2D eigenvalue weighted by Crippen LogP contribution is 2.46. The number of nitrogens with zero attached hydrogens (tertiary/aromatic N) is 5. The van der Waals surface area contributed by atoms with Gasteiger partial charge < -0.3 is 0 Å². The van der Waals surface area contributed by atoms with Gasteiger partial charge in [0.25, 0.3) is 0 Å². The van der Waals surface area contributed by atoms with Crippen LogP contribution in [0.25, 0.3) is 64.7 Å². The van der Waals surface area contributed by atoms with Crippen LogP contribution >= 0.6 is 11.3 Å². The first-order valence-corrected chi connectivity index (χ1v) is 15.8. The fraction of sp³-hybridized carbons (Fsp3) is 0.0256. The summed E-state index contributed by atoms with van der Waals surface area (Å²) < 4.78 is 2.56. The van der Waals surface area contributed by atoms with Crippen molar-refractivity contribution in [2.75, 3.05) is 4.90 Å². The molecule has 210 valence electrons. The lowest BCUT2D eigenvalue weighted by molar-refractivity contribution is 1.05. The lowest BCUT2D eigenvalue weighted by atomic mass is 9.90. The van der Waals surface area contributed by atoms with E-state index in [0.717, 1.165) is 56.1 Å². The zero-order valence-corrected chi connectivity index (χ0v) is 24.8. The highest BCUT2D eigenvalue weighted by atomic mass is 32.1. The van der Waals surface area contributed by atoms with Crippen molar-refractivity contribution in [2.24, 2.45) is 4.99 Å². The Morgan fingerprint density at radius 1 is 0.600 bits per heavy atom. The van der Waals surface area contributed by atoms with Gasteiger partial charge in [-0.05, 0) is 53.1 Å². The maximum absolute atomic E-state index is 5.39. The van der Waals surface area contributed by atoms with E-state index in [0.29, 0.717) is 12.5 Å². The number of benzene rings is 5. The number of amidine groups is 1. The Bertz CT molecular complexity index is 2550. The van der Waals surface area contributed by atoms with Gasteiger partial charge in [0.2, 0.25) is 5.95 Å². The van der Waals surface area contributed by atoms with E-state index < -0.39 is 0 Å². The molecule has 45 heavy (non-hydrogen) atoms. The summed E-state index contributed by atoms with van der Waals surface area (Å²) in [4.78, 5) is 22.9.